The van der Waals surface area contributed by atoms with Crippen molar-refractivity contribution in [3.05, 3.63) is 47.3 Å². The molecule has 0 aliphatic heterocycles. The second-order valence-electron chi connectivity index (χ2n) is 6.22. The van der Waals surface area contributed by atoms with E-state index >= 15 is 0 Å². The van der Waals surface area contributed by atoms with Crippen LogP contribution in [0.3, 0.4) is 0 Å². The summed E-state index contributed by atoms with van der Waals surface area (Å²) in [5, 5.41) is 4.67. The molecule has 0 N–H and O–H groups in total. The Morgan fingerprint density at radius 3 is 2.35 bits per heavy atom. The zero-order valence-corrected chi connectivity index (χ0v) is 14.9. The number of benzene rings is 1. The van der Waals surface area contributed by atoms with Crippen molar-refractivity contribution in [1.82, 2.24) is 19.6 Å². The monoisotopic (exact) mass is 314 g/mol. The number of para-hydroxylation sites is 1. The maximum atomic E-state index is 12.1. The van der Waals surface area contributed by atoms with Gasteiger partial charge >= 0.3 is 0 Å². The largest absolute Gasteiger partial charge is 0.347 e. The molecule has 124 valence electrons. The van der Waals surface area contributed by atoms with E-state index in [4.69, 9.17) is 0 Å². The van der Waals surface area contributed by atoms with Crippen molar-refractivity contribution in [2.45, 2.75) is 33.4 Å². The number of likely N-dealkylation sites (N-methyl/N-ethyl adjacent to an activating group) is 2. The topological polar surface area (TPSA) is 41.4 Å². The average molecular weight is 314 g/mol. The van der Waals surface area contributed by atoms with Gasteiger partial charge in [0.1, 0.15) is 0 Å². The van der Waals surface area contributed by atoms with Crippen LogP contribution >= 0.6 is 0 Å². The summed E-state index contributed by atoms with van der Waals surface area (Å²) in [5.41, 5.74) is 4.35. The Morgan fingerprint density at radius 1 is 1.17 bits per heavy atom. The van der Waals surface area contributed by atoms with Crippen molar-refractivity contribution in [2.24, 2.45) is 0 Å². The van der Waals surface area contributed by atoms with Crippen LogP contribution in [0.15, 0.2) is 30.3 Å². The second-order valence-corrected chi connectivity index (χ2v) is 6.22. The van der Waals surface area contributed by atoms with Crippen molar-refractivity contribution < 1.29 is 4.79 Å². The zero-order chi connectivity index (χ0) is 17.1. The molecular formula is C18H26N4O. The standard InChI is InChI=1S/C18H26N4O/c1-13-17(12-21(6)15(3)18(23)20(4)5)14(2)22(19-13)16-10-8-7-9-11-16/h7-11,15H,12H2,1-6H3/t15-/m0/s1. The molecule has 0 spiro atoms. The fourth-order valence-corrected chi connectivity index (χ4v) is 2.67. The molecule has 0 aliphatic carbocycles. The maximum Gasteiger partial charge on any atom is 0.239 e. The van der Waals surface area contributed by atoms with Crippen LogP contribution in [0.1, 0.15) is 23.9 Å². The predicted molar refractivity (Wildman–Crippen MR) is 92.7 cm³/mol. The van der Waals surface area contributed by atoms with Crippen LogP contribution in [0, 0.1) is 13.8 Å². The van der Waals surface area contributed by atoms with E-state index in [0.717, 1.165) is 17.1 Å². The lowest BCUT2D eigenvalue weighted by molar-refractivity contribution is -0.133. The Balaban J connectivity index is 2.25. The van der Waals surface area contributed by atoms with Gasteiger partial charge in [0.15, 0.2) is 0 Å². The average Bonchev–Trinajstić information content (AvgIpc) is 2.82. The molecule has 23 heavy (non-hydrogen) atoms. The van der Waals surface area contributed by atoms with Gasteiger partial charge in [0.2, 0.25) is 5.91 Å². The van der Waals surface area contributed by atoms with Crippen molar-refractivity contribution in [2.75, 3.05) is 21.1 Å². The van der Waals surface area contributed by atoms with Gasteiger partial charge in [0.25, 0.3) is 0 Å². The van der Waals surface area contributed by atoms with Crippen molar-refractivity contribution in [3.8, 4) is 5.69 Å². The molecule has 5 nitrogen and oxygen atoms in total. The van der Waals surface area contributed by atoms with Gasteiger partial charge in [-0.15, -0.1) is 0 Å². The lowest BCUT2D eigenvalue weighted by Crippen LogP contribution is -2.42. The molecule has 1 aromatic carbocycles. The highest BCUT2D eigenvalue weighted by Crippen LogP contribution is 2.20. The quantitative estimate of drug-likeness (QED) is 0.851. The Morgan fingerprint density at radius 2 is 1.78 bits per heavy atom. The summed E-state index contributed by atoms with van der Waals surface area (Å²) in [6.07, 6.45) is 0. The first-order valence-electron chi connectivity index (χ1n) is 7.84. The number of hydrogen-bond donors (Lipinski definition) is 0. The third kappa shape index (κ3) is 3.62. The second kappa shape index (κ2) is 6.96. The fourth-order valence-electron chi connectivity index (χ4n) is 2.67. The van der Waals surface area contributed by atoms with Crippen molar-refractivity contribution >= 4 is 5.91 Å². The van der Waals surface area contributed by atoms with Gasteiger partial charge in [-0.3, -0.25) is 9.69 Å². The summed E-state index contributed by atoms with van der Waals surface area (Å²) >= 11 is 0. The molecule has 1 atom stereocenters. The molecule has 0 unspecified atom stereocenters. The molecule has 2 aromatic rings. The lowest BCUT2D eigenvalue weighted by atomic mass is 10.1. The molecule has 0 saturated carbocycles. The first-order valence-corrected chi connectivity index (χ1v) is 7.84. The van der Waals surface area contributed by atoms with E-state index in [1.54, 1.807) is 19.0 Å². The van der Waals surface area contributed by atoms with E-state index in [1.807, 2.05) is 55.9 Å². The number of hydrogen-bond acceptors (Lipinski definition) is 3. The van der Waals surface area contributed by atoms with E-state index in [0.29, 0.717) is 6.54 Å². The first-order chi connectivity index (χ1) is 10.8. The molecule has 0 saturated heterocycles. The first kappa shape index (κ1) is 17.2. The van der Waals surface area contributed by atoms with E-state index in [2.05, 4.69) is 16.9 Å². The van der Waals surface area contributed by atoms with Gasteiger partial charge in [-0.05, 0) is 40.0 Å². The van der Waals surface area contributed by atoms with Gasteiger partial charge in [-0.2, -0.15) is 5.10 Å². The molecule has 1 aromatic heterocycles. The summed E-state index contributed by atoms with van der Waals surface area (Å²) in [5.74, 6) is 0.109. The maximum absolute atomic E-state index is 12.1. The van der Waals surface area contributed by atoms with Crippen LogP contribution in [0.4, 0.5) is 0 Å². The molecule has 2 rings (SSSR count). The van der Waals surface area contributed by atoms with Gasteiger partial charge in [-0.1, -0.05) is 18.2 Å². The number of aromatic nitrogens is 2. The number of amides is 1. The lowest BCUT2D eigenvalue weighted by Gasteiger charge is -2.26. The predicted octanol–water partition coefficient (Wildman–Crippen LogP) is 2.40. The highest BCUT2D eigenvalue weighted by atomic mass is 16.2. The molecule has 0 bridgehead atoms. The minimum Gasteiger partial charge on any atom is -0.347 e. The summed E-state index contributed by atoms with van der Waals surface area (Å²) in [7, 11) is 5.55. The van der Waals surface area contributed by atoms with E-state index in [-0.39, 0.29) is 11.9 Å². The van der Waals surface area contributed by atoms with E-state index in [1.165, 1.54) is 5.56 Å². The molecule has 1 heterocycles. The molecule has 0 fully saturated rings. The van der Waals surface area contributed by atoms with E-state index < -0.39 is 0 Å². The van der Waals surface area contributed by atoms with Crippen LogP contribution in [-0.4, -0.2) is 52.7 Å². The van der Waals surface area contributed by atoms with Crippen LogP contribution in [0.5, 0.6) is 0 Å². The summed E-state index contributed by atoms with van der Waals surface area (Å²) in [6, 6.07) is 9.95. The number of nitrogens with zero attached hydrogens (tertiary/aromatic N) is 4. The Labute approximate surface area is 138 Å². The molecule has 1 amide bonds. The molecule has 0 aliphatic rings. The number of carbonyl (C=O) groups is 1. The van der Waals surface area contributed by atoms with Gasteiger partial charge in [0.05, 0.1) is 17.4 Å². The van der Waals surface area contributed by atoms with Crippen LogP contribution in [0.2, 0.25) is 0 Å². The molecular weight excluding hydrogens is 288 g/mol. The van der Waals surface area contributed by atoms with Crippen molar-refractivity contribution in [3.63, 3.8) is 0 Å². The Kier molecular flexibility index (Phi) is 5.21. The van der Waals surface area contributed by atoms with Crippen LogP contribution in [0.25, 0.3) is 5.69 Å². The van der Waals surface area contributed by atoms with Crippen LogP contribution < -0.4 is 0 Å². The third-order valence-corrected chi connectivity index (χ3v) is 4.31. The number of rotatable bonds is 5. The van der Waals surface area contributed by atoms with E-state index in [9.17, 15) is 4.79 Å². The smallest absolute Gasteiger partial charge is 0.239 e. The zero-order valence-electron chi connectivity index (χ0n) is 14.9. The fraction of sp³-hybridized carbons (Fsp3) is 0.444. The third-order valence-electron chi connectivity index (χ3n) is 4.31. The minimum atomic E-state index is -0.163. The highest BCUT2D eigenvalue weighted by Gasteiger charge is 2.22. The molecule has 0 radical (unpaired) electrons. The summed E-state index contributed by atoms with van der Waals surface area (Å²) in [4.78, 5) is 15.8. The normalized spacial score (nSPS) is 12.5. The summed E-state index contributed by atoms with van der Waals surface area (Å²) in [6.45, 7) is 6.74. The number of carbonyl (C=O) groups excluding carboxylic acids is 1. The van der Waals surface area contributed by atoms with Gasteiger partial charge < -0.3 is 4.90 Å². The molecule has 5 heteroatoms. The SMILES string of the molecule is Cc1nn(-c2ccccc2)c(C)c1CN(C)[C@@H](C)C(=O)N(C)C. The highest BCUT2D eigenvalue weighted by molar-refractivity contribution is 5.80. The van der Waals surface area contributed by atoms with Gasteiger partial charge in [-0.25, -0.2) is 4.68 Å². The minimum absolute atomic E-state index is 0.109. The van der Waals surface area contributed by atoms with Gasteiger partial charge in [0, 0.05) is 31.9 Å². The number of aryl methyl sites for hydroxylation is 1. The Bertz CT molecular complexity index is 676. The summed E-state index contributed by atoms with van der Waals surface area (Å²) < 4.78 is 1.97. The van der Waals surface area contributed by atoms with Crippen molar-refractivity contribution in [1.29, 1.82) is 0 Å². The van der Waals surface area contributed by atoms with Crippen LogP contribution in [-0.2, 0) is 11.3 Å². The Hall–Kier alpha value is -2.14.